The number of benzene rings is 1. The molecule has 4 nitrogen and oxygen atoms in total. The lowest BCUT2D eigenvalue weighted by atomic mass is 10.2. The number of hydrogen-bond donors (Lipinski definition) is 0. The maximum atomic E-state index is 13.1. The molecule has 7 heteroatoms. The number of fused-ring (bicyclic) bond motifs is 1. The third-order valence-electron chi connectivity index (χ3n) is 4.16. The highest BCUT2D eigenvalue weighted by molar-refractivity contribution is 5.78. The summed E-state index contributed by atoms with van der Waals surface area (Å²) in [5.74, 6) is 0. The van der Waals surface area contributed by atoms with E-state index >= 15 is 0 Å². The molecule has 0 unspecified atom stereocenters. The molecule has 0 fully saturated rings. The first-order valence-corrected chi connectivity index (χ1v) is 7.66. The van der Waals surface area contributed by atoms with Crippen LogP contribution in [0.25, 0.3) is 28.9 Å². The van der Waals surface area contributed by atoms with Gasteiger partial charge in [-0.2, -0.15) is 13.2 Å². The average Bonchev–Trinajstić information content (AvgIpc) is 2.84. The topological polar surface area (TPSA) is 39.8 Å². The number of alkyl halides is 3. The number of aryl methyl sites for hydroxylation is 1. The van der Waals surface area contributed by atoms with Crippen molar-refractivity contribution in [3.8, 4) is 5.69 Å². The first kappa shape index (κ1) is 17.0. The average molecular weight is 347 g/mol. The molecule has 0 aliphatic heterocycles. The number of nitrogens with zero attached hydrogens (tertiary/aromatic N) is 3. The Balaban J connectivity index is 2.50. The van der Waals surface area contributed by atoms with Crippen LogP contribution in [0.4, 0.5) is 13.2 Å². The van der Waals surface area contributed by atoms with Crippen LogP contribution in [0.1, 0.15) is 19.4 Å². The van der Waals surface area contributed by atoms with Gasteiger partial charge in [-0.3, -0.25) is 14.1 Å². The van der Waals surface area contributed by atoms with Gasteiger partial charge in [0.1, 0.15) is 0 Å². The molecule has 0 saturated heterocycles. The number of pyridine rings is 1. The fourth-order valence-corrected chi connectivity index (χ4v) is 2.93. The molecular formula is C18H16F3N3O. The summed E-state index contributed by atoms with van der Waals surface area (Å²) in [7, 11) is 1.57. The third kappa shape index (κ3) is 2.65. The Hall–Kier alpha value is -2.83. The van der Waals surface area contributed by atoms with Crippen LogP contribution in [0.5, 0.6) is 0 Å². The van der Waals surface area contributed by atoms with E-state index < -0.39 is 17.4 Å². The van der Waals surface area contributed by atoms with Crippen LogP contribution in [-0.2, 0) is 13.2 Å². The molecule has 0 atom stereocenters. The van der Waals surface area contributed by atoms with Crippen molar-refractivity contribution in [2.24, 2.45) is 7.05 Å². The summed E-state index contributed by atoms with van der Waals surface area (Å²) in [6.07, 6.45) is 0.675. The Morgan fingerprint density at radius 3 is 2.48 bits per heavy atom. The Bertz CT molecular complexity index is 1140. The van der Waals surface area contributed by atoms with Gasteiger partial charge in [0.15, 0.2) is 0 Å². The van der Waals surface area contributed by atoms with Crippen molar-refractivity contribution >= 4 is 23.2 Å². The predicted molar refractivity (Wildman–Crippen MR) is 90.8 cm³/mol. The first-order chi connectivity index (χ1) is 11.8. The molecule has 0 bridgehead atoms. The largest absolute Gasteiger partial charge is 0.416 e. The highest BCUT2D eigenvalue weighted by Gasteiger charge is 2.30. The molecular weight excluding hydrogens is 331 g/mol. The summed E-state index contributed by atoms with van der Waals surface area (Å²) >= 11 is 0. The fraction of sp³-hybridized carbons (Fsp3) is 0.222. The first-order valence-electron chi connectivity index (χ1n) is 7.66. The molecule has 2 heterocycles. The summed E-state index contributed by atoms with van der Waals surface area (Å²) in [4.78, 5) is 17.0. The zero-order valence-corrected chi connectivity index (χ0v) is 13.9. The van der Waals surface area contributed by atoms with Crippen LogP contribution in [0.3, 0.4) is 0 Å². The van der Waals surface area contributed by atoms with E-state index in [1.807, 2.05) is 6.92 Å². The van der Waals surface area contributed by atoms with Crippen molar-refractivity contribution in [2.45, 2.75) is 20.0 Å². The van der Waals surface area contributed by atoms with Gasteiger partial charge >= 0.3 is 11.9 Å². The van der Waals surface area contributed by atoms with E-state index in [0.717, 1.165) is 12.1 Å². The van der Waals surface area contributed by atoms with Gasteiger partial charge < -0.3 is 0 Å². The molecule has 25 heavy (non-hydrogen) atoms. The van der Waals surface area contributed by atoms with Gasteiger partial charge in [-0.1, -0.05) is 18.2 Å². The highest BCUT2D eigenvalue weighted by Crippen LogP contribution is 2.30. The smallest absolute Gasteiger partial charge is 0.293 e. The number of hydrogen-bond acceptors (Lipinski definition) is 2. The number of rotatable bonds is 1. The number of imidazole rings is 1. The molecule has 130 valence electrons. The van der Waals surface area contributed by atoms with E-state index in [1.54, 1.807) is 32.3 Å². The molecule has 3 aromatic rings. The van der Waals surface area contributed by atoms with Crippen molar-refractivity contribution < 1.29 is 13.2 Å². The lowest BCUT2D eigenvalue weighted by Crippen LogP contribution is -2.30. The van der Waals surface area contributed by atoms with Crippen molar-refractivity contribution in [1.29, 1.82) is 0 Å². The molecule has 0 spiro atoms. The standard InChI is InChI=1S/C18H16F3N3O/c1-4-13-14(5-2)22-10-15-16(13)24(17(25)23(15)3)12-8-6-7-11(9-12)18(19,20)21/h4-10H,1-3H3. The normalized spacial score (nSPS) is 13.8. The molecule has 0 saturated carbocycles. The van der Waals surface area contributed by atoms with E-state index in [-0.39, 0.29) is 5.69 Å². The maximum absolute atomic E-state index is 13.1. The van der Waals surface area contributed by atoms with E-state index in [0.29, 0.717) is 21.6 Å². The molecule has 1 aromatic carbocycles. The van der Waals surface area contributed by atoms with Gasteiger partial charge in [-0.05, 0) is 32.0 Å². The molecule has 0 aliphatic carbocycles. The summed E-state index contributed by atoms with van der Waals surface area (Å²) in [5, 5.41) is 1.37. The molecule has 0 N–H and O–H groups in total. The molecule has 0 aliphatic rings. The van der Waals surface area contributed by atoms with Crippen molar-refractivity contribution in [2.75, 3.05) is 0 Å². The van der Waals surface area contributed by atoms with E-state index in [4.69, 9.17) is 0 Å². The Kier molecular flexibility index (Phi) is 4.02. The van der Waals surface area contributed by atoms with Crippen molar-refractivity contribution in [3.63, 3.8) is 0 Å². The van der Waals surface area contributed by atoms with Crippen LogP contribution in [0.15, 0.2) is 35.3 Å². The second-order valence-corrected chi connectivity index (χ2v) is 5.59. The molecule has 2 aromatic heterocycles. The second-order valence-electron chi connectivity index (χ2n) is 5.59. The van der Waals surface area contributed by atoms with Crippen molar-refractivity contribution in [3.05, 3.63) is 57.1 Å². The minimum absolute atomic E-state index is 0.168. The summed E-state index contributed by atoms with van der Waals surface area (Å²) in [6.45, 7) is 3.62. The molecule has 0 radical (unpaired) electrons. The Morgan fingerprint density at radius 1 is 1.16 bits per heavy atom. The predicted octanol–water partition coefficient (Wildman–Crippen LogP) is 2.34. The van der Waals surface area contributed by atoms with Crippen LogP contribution in [-0.4, -0.2) is 14.1 Å². The van der Waals surface area contributed by atoms with E-state index in [2.05, 4.69) is 4.98 Å². The van der Waals surface area contributed by atoms with Gasteiger partial charge in [0.2, 0.25) is 0 Å². The molecule has 3 rings (SSSR count). The zero-order chi connectivity index (χ0) is 18.4. The minimum Gasteiger partial charge on any atom is -0.293 e. The second kappa shape index (κ2) is 5.91. The lowest BCUT2D eigenvalue weighted by Gasteiger charge is -2.09. The van der Waals surface area contributed by atoms with Crippen LogP contribution in [0, 0.1) is 0 Å². The lowest BCUT2D eigenvalue weighted by molar-refractivity contribution is -0.137. The quantitative estimate of drug-likeness (QED) is 0.678. The summed E-state index contributed by atoms with van der Waals surface area (Å²) in [6, 6.07) is 4.76. The monoisotopic (exact) mass is 347 g/mol. The maximum Gasteiger partial charge on any atom is 0.416 e. The molecule has 0 amide bonds. The number of halogens is 3. The van der Waals surface area contributed by atoms with Gasteiger partial charge in [-0.25, -0.2) is 4.79 Å². The van der Waals surface area contributed by atoms with Crippen LogP contribution in [0.2, 0.25) is 0 Å². The van der Waals surface area contributed by atoms with E-state index in [1.165, 1.54) is 21.3 Å². The Morgan fingerprint density at radius 2 is 1.88 bits per heavy atom. The third-order valence-corrected chi connectivity index (χ3v) is 4.16. The van der Waals surface area contributed by atoms with Crippen molar-refractivity contribution in [1.82, 2.24) is 14.1 Å². The van der Waals surface area contributed by atoms with Gasteiger partial charge in [0, 0.05) is 12.3 Å². The van der Waals surface area contributed by atoms with Gasteiger partial charge in [0.25, 0.3) is 0 Å². The van der Waals surface area contributed by atoms with Gasteiger partial charge in [-0.15, -0.1) is 0 Å². The SMILES string of the molecule is CC=c1ncc2c(c1=CC)n(-c1cccc(C(F)(F)F)c1)c(=O)n2C. The fourth-order valence-electron chi connectivity index (χ4n) is 2.93. The van der Waals surface area contributed by atoms with Gasteiger partial charge in [0.05, 0.1) is 33.8 Å². The number of aromatic nitrogens is 3. The minimum atomic E-state index is -4.48. The Labute approximate surface area is 141 Å². The van der Waals surface area contributed by atoms with Crippen LogP contribution >= 0.6 is 0 Å². The van der Waals surface area contributed by atoms with Crippen LogP contribution < -0.4 is 16.3 Å². The summed E-state index contributed by atoms with van der Waals surface area (Å²) in [5.41, 5.74) is 0.0417. The van der Waals surface area contributed by atoms with E-state index in [9.17, 15) is 18.0 Å². The highest BCUT2D eigenvalue weighted by atomic mass is 19.4. The zero-order valence-electron chi connectivity index (χ0n) is 13.9. The summed E-state index contributed by atoms with van der Waals surface area (Å²) < 4.78 is 41.8.